The molecule has 34 heavy (non-hydrogen) atoms. The van der Waals surface area contributed by atoms with Crippen molar-refractivity contribution in [2.24, 2.45) is 0 Å². The summed E-state index contributed by atoms with van der Waals surface area (Å²) in [4.78, 5) is 12.7. The maximum absolute atomic E-state index is 13.5. The van der Waals surface area contributed by atoms with E-state index in [-0.39, 0.29) is 22.3 Å². The van der Waals surface area contributed by atoms with Crippen LogP contribution in [0.4, 0.5) is 10.1 Å². The van der Waals surface area contributed by atoms with E-state index >= 15 is 0 Å². The lowest BCUT2D eigenvalue weighted by atomic mass is 10.0. The summed E-state index contributed by atoms with van der Waals surface area (Å²) in [7, 11) is -1.36. The Morgan fingerprint density at radius 2 is 1.62 bits per heavy atom. The van der Waals surface area contributed by atoms with E-state index in [0.29, 0.717) is 12.3 Å². The van der Waals surface area contributed by atoms with Gasteiger partial charge >= 0.3 is 0 Å². The first-order valence-corrected chi connectivity index (χ1v) is 12.0. The number of nitrogens with one attached hydrogen (secondary N) is 1. The monoisotopic (exact) mass is 486 g/mol. The number of methoxy groups -OCH3 is 2. The molecule has 3 aromatic carbocycles. The van der Waals surface area contributed by atoms with Crippen LogP contribution in [-0.4, -0.2) is 41.6 Å². The summed E-state index contributed by atoms with van der Waals surface area (Å²) in [6.07, 6.45) is 0. The van der Waals surface area contributed by atoms with Crippen LogP contribution in [-0.2, 0) is 14.8 Å². The second-order valence-electron chi connectivity index (χ2n) is 7.62. The van der Waals surface area contributed by atoms with Gasteiger partial charge in [0, 0.05) is 12.6 Å². The fraction of sp³-hybridized carbons (Fsp3) is 0.240. The molecule has 1 N–H and O–H groups in total. The van der Waals surface area contributed by atoms with E-state index in [9.17, 15) is 17.6 Å². The smallest absolute Gasteiger partial charge is 0.264 e. The Hall–Kier alpha value is -3.59. The highest BCUT2D eigenvalue weighted by Crippen LogP contribution is 2.32. The van der Waals surface area contributed by atoms with Crippen molar-refractivity contribution in [3.05, 3.63) is 84.2 Å². The summed E-state index contributed by atoms with van der Waals surface area (Å²) in [6, 6.07) is 18.7. The Morgan fingerprint density at radius 3 is 2.24 bits per heavy atom. The summed E-state index contributed by atoms with van der Waals surface area (Å²) >= 11 is 0. The lowest BCUT2D eigenvalue weighted by Gasteiger charge is -2.25. The zero-order chi connectivity index (χ0) is 24.7. The van der Waals surface area contributed by atoms with Gasteiger partial charge in [0.25, 0.3) is 10.0 Å². The fourth-order valence-corrected chi connectivity index (χ4v) is 4.82. The zero-order valence-corrected chi connectivity index (χ0v) is 20.0. The Kier molecular flexibility index (Phi) is 8.12. The van der Waals surface area contributed by atoms with Crippen LogP contribution in [0, 0.1) is 5.82 Å². The lowest BCUT2D eigenvalue weighted by molar-refractivity contribution is -0.119. The van der Waals surface area contributed by atoms with Gasteiger partial charge in [-0.2, -0.15) is 0 Å². The van der Waals surface area contributed by atoms with Gasteiger partial charge in [-0.3, -0.25) is 9.10 Å². The van der Waals surface area contributed by atoms with Crippen molar-refractivity contribution in [3.63, 3.8) is 0 Å². The molecule has 1 amide bonds. The number of ether oxygens (including phenoxy) is 2. The molecular weight excluding hydrogens is 459 g/mol. The van der Waals surface area contributed by atoms with Crippen LogP contribution in [0.15, 0.2) is 77.7 Å². The van der Waals surface area contributed by atoms with Crippen molar-refractivity contribution < 1.29 is 27.1 Å². The Labute approximate surface area is 199 Å². The highest BCUT2D eigenvalue weighted by atomic mass is 32.2. The molecular formula is C25H27FN2O5S. The second kappa shape index (κ2) is 11.0. The number of hydrogen-bond acceptors (Lipinski definition) is 5. The number of halogens is 1. The molecule has 0 radical (unpaired) electrons. The highest BCUT2D eigenvalue weighted by Gasteiger charge is 2.28. The molecule has 1 unspecified atom stereocenters. The first-order chi connectivity index (χ1) is 16.3. The summed E-state index contributed by atoms with van der Waals surface area (Å²) in [6.45, 7) is 1.81. The molecule has 0 fully saturated rings. The van der Waals surface area contributed by atoms with E-state index in [0.717, 1.165) is 22.0 Å². The third-order valence-electron chi connectivity index (χ3n) is 5.32. The van der Waals surface area contributed by atoms with E-state index < -0.39 is 28.3 Å². The van der Waals surface area contributed by atoms with E-state index in [4.69, 9.17) is 9.47 Å². The quantitative estimate of drug-likeness (QED) is 0.469. The van der Waals surface area contributed by atoms with E-state index in [1.165, 1.54) is 44.6 Å². The Balaban J connectivity index is 1.87. The van der Waals surface area contributed by atoms with Gasteiger partial charge in [-0.15, -0.1) is 0 Å². The zero-order valence-electron chi connectivity index (χ0n) is 19.2. The standard InChI is InChI=1S/C25H27FN2O5S/c1-18(19-7-5-4-6-8-19)16-27-25(29)17-28(21-11-9-20(26)10-12-21)34(30,31)22-13-14-23(32-2)24(15-22)33-3/h4-15,18H,16-17H2,1-3H3,(H,27,29). The molecule has 0 saturated carbocycles. The minimum atomic E-state index is -4.20. The molecule has 0 spiro atoms. The molecule has 180 valence electrons. The predicted octanol–water partition coefficient (Wildman–Crippen LogP) is 3.96. The Bertz CT molecular complexity index is 1220. The van der Waals surface area contributed by atoms with Crippen LogP contribution in [0.1, 0.15) is 18.4 Å². The van der Waals surface area contributed by atoms with Crippen LogP contribution < -0.4 is 19.1 Å². The maximum Gasteiger partial charge on any atom is 0.264 e. The molecule has 0 bridgehead atoms. The first-order valence-electron chi connectivity index (χ1n) is 10.6. The number of nitrogens with zero attached hydrogens (tertiary/aromatic N) is 1. The molecule has 0 heterocycles. The largest absolute Gasteiger partial charge is 0.493 e. The summed E-state index contributed by atoms with van der Waals surface area (Å²) in [5, 5.41) is 2.79. The third-order valence-corrected chi connectivity index (χ3v) is 7.09. The van der Waals surface area contributed by atoms with Gasteiger partial charge in [-0.05, 0) is 47.9 Å². The lowest BCUT2D eigenvalue weighted by Crippen LogP contribution is -2.41. The molecule has 0 saturated heterocycles. The van der Waals surface area contributed by atoms with Crippen LogP contribution >= 0.6 is 0 Å². The Morgan fingerprint density at radius 1 is 0.971 bits per heavy atom. The third kappa shape index (κ3) is 5.85. The van der Waals surface area contributed by atoms with E-state index in [1.807, 2.05) is 37.3 Å². The van der Waals surface area contributed by atoms with Crippen LogP contribution in [0.3, 0.4) is 0 Å². The van der Waals surface area contributed by atoms with E-state index in [1.54, 1.807) is 0 Å². The van der Waals surface area contributed by atoms with Gasteiger partial charge in [-0.25, -0.2) is 12.8 Å². The molecule has 0 aromatic heterocycles. The van der Waals surface area contributed by atoms with Crippen molar-refractivity contribution in [2.45, 2.75) is 17.7 Å². The van der Waals surface area contributed by atoms with Crippen molar-refractivity contribution in [1.82, 2.24) is 5.32 Å². The summed E-state index contributed by atoms with van der Waals surface area (Å²) in [5.74, 6) is -0.386. The fourth-order valence-electron chi connectivity index (χ4n) is 3.38. The second-order valence-corrected chi connectivity index (χ2v) is 9.48. The van der Waals surface area contributed by atoms with Gasteiger partial charge in [-0.1, -0.05) is 37.3 Å². The minimum Gasteiger partial charge on any atom is -0.493 e. The maximum atomic E-state index is 13.5. The molecule has 7 nitrogen and oxygen atoms in total. The molecule has 3 rings (SSSR count). The predicted molar refractivity (Wildman–Crippen MR) is 128 cm³/mol. The number of carbonyl (C=O) groups excluding carboxylic acids is 1. The van der Waals surface area contributed by atoms with Gasteiger partial charge < -0.3 is 14.8 Å². The average Bonchev–Trinajstić information content (AvgIpc) is 2.86. The highest BCUT2D eigenvalue weighted by molar-refractivity contribution is 7.92. The van der Waals surface area contributed by atoms with Gasteiger partial charge in [0.05, 0.1) is 24.8 Å². The molecule has 1 atom stereocenters. The topological polar surface area (TPSA) is 84.9 Å². The molecule has 0 aliphatic heterocycles. The van der Waals surface area contributed by atoms with Crippen molar-refractivity contribution in [2.75, 3.05) is 31.6 Å². The van der Waals surface area contributed by atoms with Gasteiger partial charge in [0.15, 0.2) is 11.5 Å². The number of carbonyl (C=O) groups is 1. The normalized spacial score (nSPS) is 12.0. The number of sulfonamides is 1. The van der Waals surface area contributed by atoms with Crippen LogP contribution in [0.2, 0.25) is 0 Å². The number of hydrogen-bond donors (Lipinski definition) is 1. The number of anilines is 1. The van der Waals surface area contributed by atoms with Crippen molar-refractivity contribution >= 4 is 21.6 Å². The van der Waals surface area contributed by atoms with Gasteiger partial charge in [0.1, 0.15) is 12.4 Å². The minimum absolute atomic E-state index is 0.0341. The molecule has 3 aromatic rings. The molecule has 0 aliphatic rings. The van der Waals surface area contributed by atoms with Crippen LogP contribution in [0.25, 0.3) is 0 Å². The summed E-state index contributed by atoms with van der Waals surface area (Å²) in [5.41, 5.74) is 1.21. The van der Waals surface area contributed by atoms with Gasteiger partial charge in [0.2, 0.25) is 5.91 Å². The first kappa shape index (κ1) is 25.0. The SMILES string of the molecule is COc1ccc(S(=O)(=O)N(CC(=O)NCC(C)c2ccccc2)c2ccc(F)cc2)cc1OC. The van der Waals surface area contributed by atoms with E-state index in [2.05, 4.69) is 5.32 Å². The summed E-state index contributed by atoms with van der Waals surface area (Å²) < 4.78 is 51.9. The van der Waals surface area contributed by atoms with Crippen LogP contribution in [0.5, 0.6) is 11.5 Å². The number of amides is 1. The average molecular weight is 487 g/mol. The number of rotatable bonds is 10. The molecule has 0 aliphatic carbocycles. The van der Waals surface area contributed by atoms with Crippen molar-refractivity contribution in [1.29, 1.82) is 0 Å². The molecule has 9 heteroatoms. The number of benzene rings is 3. The van der Waals surface area contributed by atoms with Crippen molar-refractivity contribution in [3.8, 4) is 11.5 Å².